The van der Waals surface area contributed by atoms with E-state index in [-0.39, 0.29) is 12.0 Å². The van der Waals surface area contributed by atoms with Gasteiger partial charge in [-0.25, -0.2) is 0 Å². The van der Waals surface area contributed by atoms with Crippen molar-refractivity contribution in [3.63, 3.8) is 0 Å². The molecule has 8 nitrogen and oxygen atoms in total. The minimum atomic E-state index is -0.0956. The predicted octanol–water partition coefficient (Wildman–Crippen LogP) is 2.48. The summed E-state index contributed by atoms with van der Waals surface area (Å²) >= 11 is 0. The Morgan fingerprint density at radius 2 is 2.11 bits per heavy atom. The predicted molar refractivity (Wildman–Crippen MR) is 102 cm³/mol. The van der Waals surface area contributed by atoms with Crippen LogP contribution in [0, 0.1) is 6.92 Å². The molecule has 1 aliphatic heterocycles. The van der Waals surface area contributed by atoms with Gasteiger partial charge in [-0.1, -0.05) is 12.1 Å². The molecule has 0 spiro atoms. The van der Waals surface area contributed by atoms with E-state index in [0.29, 0.717) is 30.4 Å². The molecule has 1 atom stereocenters. The van der Waals surface area contributed by atoms with Gasteiger partial charge in [0.1, 0.15) is 17.5 Å². The van der Waals surface area contributed by atoms with E-state index < -0.39 is 0 Å². The van der Waals surface area contributed by atoms with Gasteiger partial charge in [-0.3, -0.25) is 9.89 Å². The third-order valence-corrected chi connectivity index (χ3v) is 4.67. The number of aromatic amines is 1. The molecule has 1 aliphatic rings. The van der Waals surface area contributed by atoms with Gasteiger partial charge >= 0.3 is 0 Å². The molecule has 0 saturated carbocycles. The fourth-order valence-electron chi connectivity index (χ4n) is 3.16. The lowest BCUT2D eigenvalue weighted by Gasteiger charge is -2.15. The number of carbonyl (C=O) groups is 1. The minimum absolute atomic E-state index is 0.0947. The molecule has 3 heterocycles. The average molecular weight is 379 g/mol. The minimum Gasteiger partial charge on any atom is -0.497 e. The van der Waals surface area contributed by atoms with Crippen molar-refractivity contribution in [3.8, 4) is 22.9 Å². The van der Waals surface area contributed by atoms with Crippen molar-refractivity contribution in [3.05, 3.63) is 53.9 Å². The van der Waals surface area contributed by atoms with Crippen LogP contribution in [0.1, 0.15) is 22.6 Å². The molecule has 28 heavy (non-hydrogen) atoms. The Balaban J connectivity index is 1.41. The van der Waals surface area contributed by atoms with Gasteiger partial charge in [0.2, 0.25) is 5.88 Å². The van der Waals surface area contributed by atoms with E-state index in [0.717, 1.165) is 23.4 Å². The second-order valence-electron chi connectivity index (χ2n) is 6.69. The van der Waals surface area contributed by atoms with Crippen molar-refractivity contribution >= 4 is 5.91 Å². The Morgan fingerprint density at radius 3 is 2.89 bits per heavy atom. The van der Waals surface area contributed by atoms with Gasteiger partial charge in [0.15, 0.2) is 0 Å². The number of amides is 1. The second kappa shape index (κ2) is 7.67. The molecule has 0 bridgehead atoms. The normalized spacial score (nSPS) is 16.2. The third kappa shape index (κ3) is 3.80. The number of carbonyl (C=O) groups excluding carboxylic acids is 1. The van der Waals surface area contributed by atoms with Crippen molar-refractivity contribution in [1.82, 2.24) is 25.3 Å². The summed E-state index contributed by atoms with van der Waals surface area (Å²) in [5.74, 6) is 1.13. The highest BCUT2D eigenvalue weighted by molar-refractivity contribution is 5.93. The molecule has 1 fully saturated rings. The van der Waals surface area contributed by atoms with Crippen LogP contribution in [0.25, 0.3) is 11.3 Å². The largest absolute Gasteiger partial charge is 0.497 e. The summed E-state index contributed by atoms with van der Waals surface area (Å²) in [7, 11) is 1.62. The fraction of sp³-hybridized carbons (Fsp3) is 0.300. The Morgan fingerprint density at radius 1 is 1.21 bits per heavy atom. The number of aromatic nitrogens is 4. The van der Waals surface area contributed by atoms with Crippen LogP contribution in [0.5, 0.6) is 11.6 Å². The van der Waals surface area contributed by atoms with Crippen LogP contribution in [-0.2, 0) is 0 Å². The maximum atomic E-state index is 12.8. The summed E-state index contributed by atoms with van der Waals surface area (Å²) in [4.78, 5) is 14.6. The first kappa shape index (κ1) is 18.0. The number of ether oxygens (including phenoxy) is 2. The number of hydrogen-bond acceptors (Lipinski definition) is 6. The molecular formula is C20H21N5O3. The van der Waals surface area contributed by atoms with Crippen molar-refractivity contribution in [2.75, 3.05) is 20.2 Å². The van der Waals surface area contributed by atoms with E-state index in [1.165, 1.54) is 0 Å². The Hall–Kier alpha value is -3.42. The summed E-state index contributed by atoms with van der Waals surface area (Å²) in [6.07, 6.45) is 0.653. The van der Waals surface area contributed by atoms with E-state index in [1.807, 2.05) is 37.3 Å². The fourth-order valence-corrected chi connectivity index (χ4v) is 3.16. The van der Waals surface area contributed by atoms with E-state index in [9.17, 15) is 4.79 Å². The molecule has 144 valence electrons. The highest BCUT2D eigenvalue weighted by atomic mass is 16.5. The molecule has 0 radical (unpaired) electrons. The first-order valence-corrected chi connectivity index (χ1v) is 9.08. The van der Waals surface area contributed by atoms with Crippen LogP contribution in [0.3, 0.4) is 0 Å². The van der Waals surface area contributed by atoms with Crippen molar-refractivity contribution < 1.29 is 14.3 Å². The lowest BCUT2D eigenvalue weighted by atomic mass is 10.1. The summed E-state index contributed by atoms with van der Waals surface area (Å²) in [6, 6.07) is 13.0. The summed E-state index contributed by atoms with van der Waals surface area (Å²) in [6.45, 7) is 3.00. The number of likely N-dealkylation sites (tertiary alicyclic amines) is 1. The molecule has 8 heteroatoms. The van der Waals surface area contributed by atoms with E-state index in [4.69, 9.17) is 9.47 Å². The van der Waals surface area contributed by atoms with Gasteiger partial charge in [0.05, 0.1) is 25.0 Å². The Labute approximate surface area is 162 Å². The van der Waals surface area contributed by atoms with Crippen LogP contribution >= 0.6 is 0 Å². The number of rotatable bonds is 5. The average Bonchev–Trinajstić information content (AvgIpc) is 3.39. The third-order valence-electron chi connectivity index (χ3n) is 4.67. The number of methoxy groups -OCH3 is 1. The monoisotopic (exact) mass is 379 g/mol. The van der Waals surface area contributed by atoms with Crippen LogP contribution in [0.2, 0.25) is 0 Å². The SMILES string of the molecule is COc1cccc(-c2cc(C(=O)N3CCC(Oc4ccc(C)nn4)C3)[nH]n2)c1. The van der Waals surface area contributed by atoms with Crippen molar-refractivity contribution in [2.24, 2.45) is 0 Å². The van der Waals surface area contributed by atoms with E-state index in [1.54, 1.807) is 24.1 Å². The van der Waals surface area contributed by atoms with Crippen molar-refractivity contribution in [2.45, 2.75) is 19.4 Å². The number of H-pyrrole nitrogens is 1. The smallest absolute Gasteiger partial charge is 0.272 e. The maximum Gasteiger partial charge on any atom is 0.272 e. The second-order valence-corrected chi connectivity index (χ2v) is 6.69. The first-order chi connectivity index (χ1) is 13.6. The summed E-state index contributed by atoms with van der Waals surface area (Å²) < 4.78 is 11.1. The zero-order valence-electron chi connectivity index (χ0n) is 15.8. The lowest BCUT2D eigenvalue weighted by molar-refractivity contribution is 0.0765. The van der Waals surface area contributed by atoms with Crippen LogP contribution in [0.4, 0.5) is 0 Å². The molecule has 0 aliphatic carbocycles. The van der Waals surface area contributed by atoms with Gasteiger partial charge in [0, 0.05) is 24.6 Å². The highest BCUT2D eigenvalue weighted by Gasteiger charge is 2.29. The number of benzene rings is 1. The topological polar surface area (TPSA) is 93.2 Å². The Kier molecular flexibility index (Phi) is 4.92. The molecule has 1 unspecified atom stereocenters. The molecule has 1 amide bonds. The molecule has 4 rings (SSSR count). The lowest BCUT2D eigenvalue weighted by Crippen LogP contribution is -2.31. The number of nitrogens with zero attached hydrogens (tertiary/aromatic N) is 4. The highest BCUT2D eigenvalue weighted by Crippen LogP contribution is 2.24. The van der Waals surface area contributed by atoms with E-state index >= 15 is 0 Å². The van der Waals surface area contributed by atoms with Gasteiger partial charge in [-0.2, -0.15) is 10.2 Å². The maximum absolute atomic E-state index is 12.8. The van der Waals surface area contributed by atoms with Gasteiger partial charge < -0.3 is 14.4 Å². The molecule has 3 aromatic rings. The molecule has 1 saturated heterocycles. The number of hydrogen-bond donors (Lipinski definition) is 1. The summed E-state index contributed by atoms with van der Waals surface area (Å²) in [5, 5.41) is 15.1. The molecular weight excluding hydrogens is 358 g/mol. The van der Waals surface area contributed by atoms with Crippen LogP contribution < -0.4 is 9.47 Å². The Bertz CT molecular complexity index is 970. The zero-order valence-corrected chi connectivity index (χ0v) is 15.8. The van der Waals surface area contributed by atoms with Crippen molar-refractivity contribution in [1.29, 1.82) is 0 Å². The van der Waals surface area contributed by atoms with Crippen LogP contribution in [-0.4, -0.2) is 57.5 Å². The molecule has 1 N–H and O–H groups in total. The first-order valence-electron chi connectivity index (χ1n) is 9.08. The molecule has 2 aromatic heterocycles. The quantitative estimate of drug-likeness (QED) is 0.732. The van der Waals surface area contributed by atoms with Gasteiger partial charge in [-0.05, 0) is 31.2 Å². The zero-order chi connectivity index (χ0) is 19.5. The summed E-state index contributed by atoms with van der Waals surface area (Å²) in [5.41, 5.74) is 2.87. The van der Waals surface area contributed by atoms with E-state index in [2.05, 4.69) is 20.4 Å². The van der Waals surface area contributed by atoms with Crippen LogP contribution in [0.15, 0.2) is 42.5 Å². The standard InChI is InChI=1S/C20H21N5O3/c1-13-6-7-19(24-21-13)28-16-8-9-25(12-16)20(26)18-11-17(22-23-18)14-4-3-5-15(10-14)27-2/h3-7,10-11,16H,8-9,12H2,1-2H3,(H,22,23). The number of nitrogens with one attached hydrogen (secondary N) is 1. The molecule has 1 aromatic carbocycles. The van der Waals surface area contributed by atoms with Gasteiger partial charge in [-0.15, -0.1) is 5.10 Å². The van der Waals surface area contributed by atoms with Gasteiger partial charge in [0.25, 0.3) is 5.91 Å². The number of aryl methyl sites for hydroxylation is 1.